The topological polar surface area (TPSA) is 98.7 Å². The van der Waals surface area contributed by atoms with Crippen LogP contribution in [0.3, 0.4) is 0 Å². The summed E-state index contributed by atoms with van der Waals surface area (Å²) < 4.78 is 0. The van der Waals surface area contributed by atoms with E-state index in [-0.39, 0.29) is 23.3 Å². The van der Waals surface area contributed by atoms with E-state index in [1.54, 1.807) is 25.1 Å². The van der Waals surface area contributed by atoms with Crippen molar-refractivity contribution in [2.24, 2.45) is 17.3 Å². The lowest BCUT2D eigenvalue weighted by atomic mass is 9.83. The first kappa shape index (κ1) is 28.1. The van der Waals surface area contributed by atoms with E-state index in [0.29, 0.717) is 12.3 Å². The molecule has 0 radical (unpaired) electrons. The zero-order chi connectivity index (χ0) is 24.0. The number of carbonyl (C=O) groups excluding carboxylic acids is 2. The highest BCUT2D eigenvalue weighted by molar-refractivity contribution is 5.92. The lowest BCUT2D eigenvalue weighted by Gasteiger charge is -2.39. The molecule has 0 saturated heterocycles. The number of rotatable bonds is 10. The molecule has 0 rings (SSSR count). The molecule has 0 aliphatic heterocycles. The Morgan fingerprint density at radius 3 is 1.90 bits per heavy atom. The fourth-order valence-corrected chi connectivity index (χ4v) is 3.49. The molecule has 0 aromatic carbocycles. The van der Waals surface area contributed by atoms with Gasteiger partial charge in [-0.2, -0.15) is 0 Å². The number of hydrogen-bond donors (Lipinski definition) is 3. The Morgan fingerprint density at radius 1 is 1.07 bits per heavy atom. The van der Waals surface area contributed by atoms with Gasteiger partial charge in [0, 0.05) is 12.6 Å². The normalized spacial score (nSPS) is 16.8. The van der Waals surface area contributed by atoms with Gasteiger partial charge >= 0.3 is 5.97 Å². The molecule has 174 valence electrons. The molecule has 3 N–H and O–H groups in total. The monoisotopic (exact) mass is 425 g/mol. The molecule has 7 nitrogen and oxygen atoms in total. The molecular formula is C23H43N3O4. The minimum atomic E-state index is -1.01. The second-order valence-electron chi connectivity index (χ2n) is 10.3. The number of carboxylic acid groups (broad SMARTS) is 1. The predicted molar refractivity (Wildman–Crippen MR) is 121 cm³/mol. The standard InChI is InChI=1S/C23H43N3O4/c1-14(2)13-23(9,24-10)21(30)25-18(22(6,7)8)19(27)26(11)17(15(3)4)12-16(5)20(28)29/h12,14-15,17-18,24H,13H2,1-11H3,(H,25,30)(H,28,29)/t17-,18-,23?/m1/s1. The van der Waals surface area contributed by atoms with Crippen molar-refractivity contribution in [3.05, 3.63) is 11.6 Å². The zero-order valence-corrected chi connectivity index (χ0v) is 20.7. The highest BCUT2D eigenvalue weighted by Crippen LogP contribution is 2.25. The molecule has 0 saturated carbocycles. The highest BCUT2D eigenvalue weighted by Gasteiger charge is 2.41. The molecule has 1 unspecified atom stereocenters. The van der Waals surface area contributed by atoms with Crippen LogP contribution in [-0.2, 0) is 14.4 Å². The molecule has 0 bridgehead atoms. The van der Waals surface area contributed by atoms with Crippen LogP contribution in [0.5, 0.6) is 0 Å². The Labute approximate surface area is 182 Å². The Balaban J connectivity index is 5.93. The largest absolute Gasteiger partial charge is 0.478 e. The Kier molecular flexibility index (Phi) is 10.2. The molecule has 0 aromatic rings. The number of carbonyl (C=O) groups is 3. The van der Waals surface area contributed by atoms with E-state index in [2.05, 4.69) is 10.6 Å². The summed E-state index contributed by atoms with van der Waals surface area (Å²) in [6.07, 6.45) is 2.23. The third-order valence-electron chi connectivity index (χ3n) is 5.49. The summed E-state index contributed by atoms with van der Waals surface area (Å²) in [5.74, 6) is -1.17. The van der Waals surface area contributed by atoms with Gasteiger partial charge in [-0.05, 0) is 44.6 Å². The molecule has 7 heteroatoms. The van der Waals surface area contributed by atoms with Gasteiger partial charge in [0.1, 0.15) is 6.04 Å². The van der Waals surface area contributed by atoms with Crippen LogP contribution < -0.4 is 10.6 Å². The van der Waals surface area contributed by atoms with Crippen LogP contribution in [0.4, 0.5) is 0 Å². The molecule has 30 heavy (non-hydrogen) atoms. The van der Waals surface area contributed by atoms with Gasteiger partial charge in [-0.25, -0.2) is 4.79 Å². The minimum absolute atomic E-state index is 0.00749. The lowest BCUT2D eigenvalue weighted by Crippen LogP contribution is -2.62. The summed E-state index contributed by atoms with van der Waals surface area (Å²) >= 11 is 0. The molecule has 0 fully saturated rings. The van der Waals surface area contributed by atoms with Crippen molar-refractivity contribution in [1.82, 2.24) is 15.5 Å². The second-order valence-corrected chi connectivity index (χ2v) is 10.3. The fraction of sp³-hybridized carbons (Fsp3) is 0.783. The average Bonchev–Trinajstić information content (AvgIpc) is 2.60. The van der Waals surface area contributed by atoms with Crippen molar-refractivity contribution in [3.8, 4) is 0 Å². The molecule has 0 aliphatic carbocycles. The van der Waals surface area contributed by atoms with Crippen molar-refractivity contribution in [2.75, 3.05) is 14.1 Å². The summed E-state index contributed by atoms with van der Waals surface area (Å²) in [4.78, 5) is 39.5. The lowest BCUT2D eigenvalue weighted by molar-refractivity contribution is -0.141. The second kappa shape index (κ2) is 10.9. The summed E-state index contributed by atoms with van der Waals surface area (Å²) in [6.45, 7) is 17.1. The molecule has 0 spiro atoms. The number of amides is 2. The summed E-state index contributed by atoms with van der Waals surface area (Å²) in [7, 11) is 3.41. The maximum Gasteiger partial charge on any atom is 0.331 e. The quantitative estimate of drug-likeness (QED) is 0.467. The van der Waals surface area contributed by atoms with Crippen LogP contribution in [0.2, 0.25) is 0 Å². The van der Waals surface area contributed by atoms with E-state index in [1.807, 2.05) is 55.4 Å². The third-order valence-corrected chi connectivity index (χ3v) is 5.49. The maximum atomic E-state index is 13.5. The predicted octanol–water partition coefficient (Wildman–Crippen LogP) is 3.06. The first-order chi connectivity index (χ1) is 13.5. The maximum absolute atomic E-state index is 13.5. The number of aliphatic carboxylic acids is 1. The van der Waals surface area contributed by atoms with Crippen molar-refractivity contribution in [2.45, 2.75) is 86.4 Å². The third kappa shape index (κ3) is 7.74. The van der Waals surface area contributed by atoms with Crippen LogP contribution in [0.25, 0.3) is 0 Å². The molecular weight excluding hydrogens is 382 g/mol. The van der Waals surface area contributed by atoms with Crippen molar-refractivity contribution in [1.29, 1.82) is 0 Å². The van der Waals surface area contributed by atoms with Gasteiger partial charge in [-0.1, -0.05) is 54.5 Å². The summed E-state index contributed by atoms with van der Waals surface area (Å²) in [5, 5.41) is 15.3. The number of nitrogens with one attached hydrogen (secondary N) is 2. The van der Waals surface area contributed by atoms with E-state index >= 15 is 0 Å². The van der Waals surface area contributed by atoms with Crippen LogP contribution >= 0.6 is 0 Å². The molecule has 2 amide bonds. The molecule has 0 aromatic heterocycles. The Morgan fingerprint density at radius 2 is 1.57 bits per heavy atom. The first-order valence-corrected chi connectivity index (χ1v) is 10.7. The number of nitrogens with zero attached hydrogens (tertiary/aromatic N) is 1. The summed E-state index contributed by atoms with van der Waals surface area (Å²) in [6, 6.07) is -1.16. The summed E-state index contributed by atoms with van der Waals surface area (Å²) in [5.41, 5.74) is -1.14. The van der Waals surface area contributed by atoms with Gasteiger partial charge < -0.3 is 20.6 Å². The average molecular weight is 426 g/mol. The van der Waals surface area contributed by atoms with E-state index in [1.165, 1.54) is 6.92 Å². The zero-order valence-electron chi connectivity index (χ0n) is 20.7. The van der Waals surface area contributed by atoms with E-state index in [0.717, 1.165) is 0 Å². The fourth-order valence-electron chi connectivity index (χ4n) is 3.49. The first-order valence-electron chi connectivity index (χ1n) is 10.7. The number of carboxylic acids is 1. The van der Waals surface area contributed by atoms with Gasteiger partial charge in [-0.3, -0.25) is 9.59 Å². The van der Waals surface area contributed by atoms with Crippen molar-refractivity contribution >= 4 is 17.8 Å². The van der Waals surface area contributed by atoms with Crippen molar-refractivity contribution < 1.29 is 19.5 Å². The Hall–Kier alpha value is -1.89. The van der Waals surface area contributed by atoms with Crippen molar-refractivity contribution in [3.63, 3.8) is 0 Å². The van der Waals surface area contributed by atoms with Gasteiger partial charge in [0.15, 0.2) is 0 Å². The SMILES string of the molecule is CNC(C)(CC(C)C)C(=O)N[C@H](C(=O)N(C)[C@H](C=C(C)C(=O)O)C(C)C)C(C)(C)C. The van der Waals surface area contributed by atoms with E-state index < -0.39 is 29.0 Å². The van der Waals surface area contributed by atoms with Gasteiger partial charge in [0.2, 0.25) is 11.8 Å². The van der Waals surface area contributed by atoms with Crippen LogP contribution in [0.1, 0.15) is 68.7 Å². The number of likely N-dealkylation sites (N-methyl/N-ethyl adjacent to an activating group) is 2. The molecule has 3 atom stereocenters. The van der Waals surface area contributed by atoms with E-state index in [9.17, 15) is 19.5 Å². The van der Waals surface area contributed by atoms with Gasteiger partial charge in [-0.15, -0.1) is 0 Å². The molecule has 0 heterocycles. The van der Waals surface area contributed by atoms with E-state index in [4.69, 9.17) is 0 Å². The number of hydrogen-bond acceptors (Lipinski definition) is 4. The minimum Gasteiger partial charge on any atom is -0.478 e. The Bertz CT molecular complexity index is 649. The molecule has 0 aliphatic rings. The highest BCUT2D eigenvalue weighted by atomic mass is 16.4. The van der Waals surface area contributed by atoms with Crippen LogP contribution in [0, 0.1) is 17.3 Å². The van der Waals surface area contributed by atoms with Gasteiger partial charge in [0.05, 0.1) is 11.6 Å². The van der Waals surface area contributed by atoms with Crippen LogP contribution in [0.15, 0.2) is 11.6 Å². The van der Waals surface area contributed by atoms with Crippen LogP contribution in [-0.4, -0.2) is 59.5 Å². The van der Waals surface area contributed by atoms with Gasteiger partial charge in [0.25, 0.3) is 0 Å². The smallest absolute Gasteiger partial charge is 0.331 e.